The molecule has 3 heteroatoms. The van der Waals surface area contributed by atoms with Gasteiger partial charge in [-0.1, -0.05) is 36.3 Å². The molecule has 3 N–H and O–H groups in total. The van der Waals surface area contributed by atoms with Crippen molar-refractivity contribution >= 4 is 5.91 Å². The lowest BCUT2D eigenvalue weighted by Crippen LogP contribution is -2.33. The van der Waals surface area contributed by atoms with E-state index in [9.17, 15) is 4.79 Å². The van der Waals surface area contributed by atoms with Crippen molar-refractivity contribution in [2.24, 2.45) is 5.73 Å². The summed E-state index contributed by atoms with van der Waals surface area (Å²) in [5.74, 6) is 5.76. The molecule has 0 saturated heterocycles. The van der Waals surface area contributed by atoms with Crippen molar-refractivity contribution in [3.05, 3.63) is 34.9 Å². The Bertz CT molecular complexity index is 519. The highest BCUT2D eigenvalue weighted by Crippen LogP contribution is 2.19. The Kier molecular flexibility index (Phi) is 4.59. The van der Waals surface area contributed by atoms with Gasteiger partial charge in [-0.15, -0.1) is 0 Å². The zero-order valence-electron chi connectivity index (χ0n) is 11.3. The van der Waals surface area contributed by atoms with Crippen LogP contribution in [0.1, 0.15) is 47.2 Å². The van der Waals surface area contributed by atoms with Gasteiger partial charge >= 0.3 is 0 Å². The van der Waals surface area contributed by atoms with Gasteiger partial charge in [0, 0.05) is 11.6 Å². The smallest absolute Gasteiger partial charge is 0.252 e. The summed E-state index contributed by atoms with van der Waals surface area (Å²) in [5, 5.41) is 3.10. The molecule has 1 aliphatic rings. The molecule has 100 valence electrons. The van der Waals surface area contributed by atoms with Crippen LogP contribution in [0.4, 0.5) is 0 Å². The molecule has 19 heavy (non-hydrogen) atoms. The molecular formula is C16H20N2O. The van der Waals surface area contributed by atoms with Crippen LogP contribution in [0.25, 0.3) is 0 Å². The number of benzene rings is 1. The average molecular weight is 256 g/mol. The van der Waals surface area contributed by atoms with Crippen LogP contribution in [-0.2, 0) is 0 Å². The number of carbonyl (C=O) groups excluding carboxylic acids is 1. The Labute approximate surface area is 114 Å². The normalized spacial score (nSPS) is 14.8. The van der Waals surface area contributed by atoms with E-state index < -0.39 is 0 Å². The van der Waals surface area contributed by atoms with Gasteiger partial charge < -0.3 is 11.1 Å². The van der Waals surface area contributed by atoms with E-state index in [1.165, 1.54) is 12.8 Å². The molecule has 1 saturated carbocycles. The lowest BCUT2D eigenvalue weighted by atomic mass is 10.0. The Balaban J connectivity index is 2.20. The Morgan fingerprint density at radius 1 is 1.42 bits per heavy atom. The van der Waals surface area contributed by atoms with Crippen LogP contribution >= 0.6 is 0 Å². The Hall–Kier alpha value is -1.79. The Morgan fingerprint density at radius 2 is 2.16 bits per heavy atom. The molecule has 2 rings (SSSR count). The van der Waals surface area contributed by atoms with Crippen LogP contribution in [0, 0.1) is 18.8 Å². The van der Waals surface area contributed by atoms with Crippen molar-refractivity contribution < 1.29 is 4.79 Å². The quantitative estimate of drug-likeness (QED) is 0.795. The van der Waals surface area contributed by atoms with E-state index in [2.05, 4.69) is 17.2 Å². The van der Waals surface area contributed by atoms with Crippen molar-refractivity contribution in [2.75, 3.05) is 6.54 Å². The lowest BCUT2D eigenvalue weighted by molar-refractivity contribution is 0.0937. The number of nitrogens with one attached hydrogen (secondary N) is 1. The van der Waals surface area contributed by atoms with Gasteiger partial charge in [-0.3, -0.25) is 4.79 Å². The second kappa shape index (κ2) is 6.40. The summed E-state index contributed by atoms with van der Waals surface area (Å²) >= 11 is 0. The van der Waals surface area contributed by atoms with E-state index >= 15 is 0 Å². The monoisotopic (exact) mass is 256 g/mol. The minimum Gasteiger partial charge on any atom is -0.349 e. The molecule has 0 unspecified atom stereocenters. The van der Waals surface area contributed by atoms with Crippen molar-refractivity contribution in [3.63, 3.8) is 0 Å². The summed E-state index contributed by atoms with van der Waals surface area (Å²) < 4.78 is 0. The zero-order valence-corrected chi connectivity index (χ0v) is 11.3. The van der Waals surface area contributed by atoms with E-state index in [1.807, 2.05) is 25.1 Å². The lowest BCUT2D eigenvalue weighted by Gasteiger charge is -2.13. The predicted molar refractivity (Wildman–Crippen MR) is 76.8 cm³/mol. The van der Waals surface area contributed by atoms with Crippen LogP contribution in [0.15, 0.2) is 18.2 Å². The maximum Gasteiger partial charge on any atom is 0.252 e. The maximum absolute atomic E-state index is 12.3. The first kappa shape index (κ1) is 13.6. The van der Waals surface area contributed by atoms with Gasteiger partial charge in [-0.2, -0.15) is 0 Å². The second-order valence-corrected chi connectivity index (χ2v) is 5.01. The highest BCUT2D eigenvalue weighted by Gasteiger charge is 2.19. The fourth-order valence-corrected chi connectivity index (χ4v) is 2.43. The molecule has 0 bridgehead atoms. The number of amides is 1. The van der Waals surface area contributed by atoms with Crippen molar-refractivity contribution in [1.82, 2.24) is 5.32 Å². The van der Waals surface area contributed by atoms with Crippen LogP contribution < -0.4 is 11.1 Å². The molecule has 1 amide bonds. The van der Waals surface area contributed by atoms with Crippen LogP contribution in [0.3, 0.4) is 0 Å². The standard InChI is InChI=1S/C16H20N2O/c1-12-8-9-13(5-4-10-17)15(11-12)16(19)18-14-6-2-3-7-14/h8-9,11,14H,2-3,6-7,10,17H2,1H3,(H,18,19). The molecule has 1 fully saturated rings. The molecule has 0 aliphatic heterocycles. The third kappa shape index (κ3) is 3.59. The summed E-state index contributed by atoms with van der Waals surface area (Å²) in [6.07, 6.45) is 4.58. The molecule has 0 aromatic heterocycles. The fourth-order valence-electron chi connectivity index (χ4n) is 2.43. The Morgan fingerprint density at radius 3 is 2.84 bits per heavy atom. The van der Waals surface area contributed by atoms with Gasteiger partial charge in [0.15, 0.2) is 0 Å². The number of carbonyl (C=O) groups is 1. The van der Waals surface area contributed by atoms with Gasteiger partial charge in [-0.25, -0.2) is 0 Å². The predicted octanol–water partition coefficient (Wildman–Crippen LogP) is 1.98. The minimum absolute atomic E-state index is 0.0167. The van der Waals surface area contributed by atoms with Gasteiger partial charge in [0.05, 0.1) is 12.1 Å². The molecular weight excluding hydrogens is 236 g/mol. The van der Waals surface area contributed by atoms with Crippen molar-refractivity contribution in [1.29, 1.82) is 0 Å². The maximum atomic E-state index is 12.3. The first-order valence-electron chi connectivity index (χ1n) is 6.81. The van der Waals surface area contributed by atoms with E-state index in [1.54, 1.807) is 0 Å². The summed E-state index contributed by atoms with van der Waals surface area (Å²) in [4.78, 5) is 12.3. The molecule has 1 aliphatic carbocycles. The molecule has 0 spiro atoms. The van der Waals surface area contributed by atoms with Crippen molar-refractivity contribution in [2.45, 2.75) is 38.6 Å². The summed E-state index contributed by atoms with van der Waals surface area (Å²) in [6, 6.07) is 6.07. The topological polar surface area (TPSA) is 55.1 Å². The van der Waals surface area contributed by atoms with E-state index in [-0.39, 0.29) is 5.91 Å². The van der Waals surface area contributed by atoms with Crippen molar-refractivity contribution in [3.8, 4) is 11.8 Å². The van der Waals surface area contributed by atoms with Crippen LogP contribution in [0.2, 0.25) is 0 Å². The number of hydrogen-bond donors (Lipinski definition) is 2. The molecule has 1 aromatic carbocycles. The highest BCUT2D eigenvalue weighted by molar-refractivity contribution is 5.97. The largest absolute Gasteiger partial charge is 0.349 e. The average Bonchev–Trinajstić information content (AvgIpc) is 2.90. The third-order valence-electron chi connectivity index (χ3n) is 3.44. The van der Waals surface area contributed by atoms with Gasteiger partial charge in [0.2, 0.25) is 0 Å². The molecule has 3 nitrogen and oxygen atoms in total. The molecule has 0 atom stereocenters. The highest BCUT2D eigenvalue weighted by atomic mass is 16.1. The van der Waals surface area contributed by atoms with Crippen LogP contribution in [0.5, 0.6) is 0 Å². The zero-order chi connectivity index (χ0) is 13.7. The summed E-state index contributed by atoms with van der Waals surface area (Å²) in [6.45, 7) is 2.28. The minimum atomic E-state index is -0.0167. The van der Waals surface area contributed by atoms with Gasteiger partial charge in [-0.05, 0) is 31.9 Å². The third-order valence-corrected chi connectivity index (χ3v) is 3.44. The van der Waals surface area contributed by atoms with E-state index in [4.69, 9.17) is 5.73 Å². The number of rotatable bonds is 2. The number of hydrogen-bond acceptors (Lipinski definition) is 2. The first-order chi connectivity index (χ1) is 9.20. The fraction of sp³-hybridized carbons (Fsp3) is 0.438. The number of nitrogens with two attached hydrogens (primary N) is 1. The van der Waals surface area contributed by atoms with Gasteiger partial charge in [0.25, 0.3) is 5.91 Å². The first-order valence-corrected chi connectivity index (χ1v) is 6.81. The summed E-state index contributed by atoms with van der Waals surface area (Å²) in [5.41, 5.74) is 7.87. The summed E-state index contributed by atoms with van der Waals surface area (Å²) in [7, 11) is 0. The van der Waals surface area contributed by atoms with Crippen LogP contribution in [-0.4, -0.2) is 18.5 Å². The SMILES string of the molecule is Cc1ccc(C#CCN)c(C(=O)NC2CCCC2)c1. The molecule has 0 heterocycles. The van der Waals surface area contributed by atoms with E-state index in [0.717, 1.165) is 24.0 Å². The molecule has 1 aromatic rings. The van der Waals surface area contributed by atoms with Gasteiger partial charge in [0.1, 0.15) is 0 Å². The second-order valence-electron chi connectivity index (χ2n) is 5.01. The number of aryl methyl sites for hydroxylation is 1. The van der Waals surface area contributed by atoms with E-state index in [0.29, 0.717) is 18.2 Å². The molecule has 0 radical (unpaired) electrons.